The van der Waals surface area contributed by atoms with Crippen molar-refractivity contribution < 1.29 is 0 Å². The summed E-state index contributed by atoms with van der Waals surface area (Å²) in [6, 6.07) is 62.7. The van der Waals surface area contributed by atoms with Crippen molar-refractivity contribution in [3.8, 4) is 0 Å². The van der Waals surface area contributed by atoms with Crippen molar-refractivity contribution in [3.63, 3.8) is 0 Å². The van der Waals surface area contributed by atoms with Gasteiger partial charge in [0.2, 0.25) is 0 Å². The lowest BCUT2D eigenvalue weighted by molar-refractivity contribution is 0.536. The molecule has 0 heterocycles. The monoisotopic (exact) mass is 692 g/mol. The lowest BCUT2D eigenvalue weighted by Crippen LogP contribution is -2.26. The van der Waals surface area contributed by atoms with Crippen LogP contribution in [0.1, 0.15) is 46.7 Å². The number of hydrogen-bond donors (Lipinski definition) is 0. The number of hydrogen-bond acceptors (Lipinski definition) is 0. The Balaban J connectivity index is 1.71. The zero-order valence-corrected chi connectivity index (χ0v) is 30.7. The molecule has 0 fully saturated rings. The molecule has 0 saturated carbocycles. The van der Waals surface area contributed by atoms with Gasteiger partial charge in [-0.25, -0.2) is 0 Å². The highest BCUT2D eigenvalue weighted by atomic mass is 14.4. The molecule has 0 aromatic heterocycles. The normalized spacial score (nSPS) is 12.5. The van der Waals surface area contributed by atoms with Gasteiger partial charge in [0.25, 0.3) is 0 Å². The Morgan fingerprint density at radius 1 is 0.352 bits per heavy atom. The van der Waals surface area contributed by atoms with Crippen LogP contribution in [0.4, 0.5) is 0 Å². The van der Waals surface area contributed by atoms with Gasteiger partial charge in [0.05, 0.1) is 0 Å². The highest BCUT2D eigenvalue weighted by molar-refractivity contribution is 5.74. The molecule has 6 aromatic rings. The minimum atomic E-state index is -0.686. The van der Waals surface area contributed by atoms with Crippen LogP contribution in [-0.2, 0) is 0 Å². The van der Waals surface area contributed by atoms with Gasteiger partial charge in [-0.05, 0) is 111 Å². The van der Waals surface area contributed by atoms with Crippen LogP contribution in [0.25, 0.3) is 36.5 Å². The third-order valence-corrected chi connectivity index (χ3v) is 9.24. The zero-order valence-electron chi connectivity index (χ0n) is 30.7. The molecular weight excluding hydrogens is 649 g/mol. The first kappa shape index (κ1) is 36.9. The van der Waals surface area contributed by atoms with Crippen molar-refractivity contribution in [3.05, 3.63) is 268 Å². The number of allylic oxidation sites excluding steroid dienone is 6. The second kappa shape index (κ2) is 19.6. The smallest absolute Gasteiger partial charge is 0.0467 e. The third kappa shape index (κ3) is 10.3. The molecule has 6 aromatic carbocycles. The Morgan fingerprint density at radius 3 is 0.796 bits per heavy atom. The second-order valence-electron chi connectivity index (χ2n) is 12.9. The van der Waals surface area contributed by atoms with E-state index < -0.39 is 5.41 Å². The Labute approximate surface area is 321 Å². The molecule has 0 nitrogen and oxygen atoms in total. The van der Waals surface area contributed by atoms with Gasteiger partial charge in [0, 0.05) is 5.41 Å². The van der Waals surface area contributed by atoms with Gasteiger partial charge in [-0.15, -0.1) is 17.2 Å². The van der Waals surface area contributed by atoms with E-state index in [0.717, 1.165) is 56.5 Å². The molecule has 0 radical (unpaired) electrons. The lowest BCUT2D eigenvalue weighted by Gasteiger charge is -2.37. The van der Waals surface area contributed by atoms with Crippen LogP contribution in [0.2, 0.25) is 0 Å². The molecule has 0 amide bonds. The van der Waals surface area contributed by atoms with Gasteiger partial charge in [0.15, 0.2) is 0 Å². The van der Waals surface area contributed by atoms with Gasteiger partial charge in [-0.1, -0.05) is 189 Å². The van der Waals surface area contributed by atoms with Gasteiger partial charge < -0.3 is 0 Å². The minimum absolute atomic E-state index is 0.686. The van der Waals surface area contributed by atoms with E-state index in [-0.39, 0.29) is 0 Å². The maximum absolute atomic E-state index is 3.61. The summed E-state index contributed by atoms with van der Waals surface area (Å²) in [6.07, 6.45) is 20.3. The highest BCUT2D eigenvalue weighted by Gasteiger charge is 2.38. The average molecular weight is 693 g/mol. The maximum Gasteiger partial charge on any atom is 0.0467 e. The largest absolute Gasteiger partial charge is 0.120 e. The molecule has 0 aliphatic heterocycles. The van der Waals surface area contributed by atoms with Crippen LogP contribution < -0.4 is 0 Å². The summed E-state index contributed by atoms with van der Waals surface area (Å²) in [5.74, 6) is 0. The third-order valence-electron chi connectivity index (χ3n) is 9.24. The molecule has 0 heteroatoms. The predicted molar refractivity (Wildman–Crippen MR) is 233 cm³/mol. The van der Waals surface area contributed by atoms with E-state index in [0.29, 0.717) is 0 Å². The fraction of sp³-hybridized carbons (Fsp3) is 0.0556. The Bertz CT molecular complexity index is 2080. The summed E-state index contributed by atoms with van der Waals surface area (Å²) in [4.78, 5) is 0. The van der Waals surface area contributed by atoms with E-state index in [1.807, 2.05) is 18.2 Å². The fourth-order valence-corrected chi connectivity index (χ4v) is 6.49. The minimum Gasteiger partial charge on any atom is -0.120 e. The van der Waals surface area contributed by atoms with Gasteiger partial charge in [-0.2, -0.15) is 0 Å². The molecule has 6 rings (SSSR count). The van der Waals surface area contributed by atoms with Crippen LogP contribution in [0.3, 0.4) is 0 Å². The van der Waals surface area contributed by atoms with E-state index in [1.54, 1.807) is 0 Å². The predicted octanol–water partition coefficient (Wildman–Crippen LogP) is 14.2. The molecule has 0 aliphatic rings. The van der Waals surface area contributed by atoms with Gasteiger partial charge >= 0.3 is 0 Å². The summed E-state index contributed by atoms with van der Waals surface area (Å²) in [7, 11) is 0. The first-order chi connectivity index (χ1) is 26.7. The Morgan fingerprint density at radius 2 is 0.574 bits per heavy atom. The van der Waals surface area contributed by atoms with Gasteiger partial charge in [-0.3, -0.25) is 0 Å². The highest BCUT2D eigenvalue weighted by Crippen LogP contribution is 2.49. The molecule has 0 saturated heterocycles. The van der Waals surface area contributed by atoms with E-state index in [2.05, 4.69) is 243 Å². The summed E-state index contributed by atoms with van der Waals surface area (Å²) in [5, 5.41) is 0. The molecule has 54 heavy (non-hydrogen) atoms. The van der Waals surface area contributed by atoms with Crippen molar-refractivity contribution in [1.29, 1.82) is 0 Å². The van der Waals surface area contributed by atoms with E-state index >= 15 is 0 Å². The first-order valence-electron chi connectivity index (χ1n) is 18.5. The summed E-state index contributed by atoms with van der Waals surface area (Å²) >= 11 is 0. The lowest BCUT2D eigenvalue weighted by atomic mass is 9.64. The number of rotatable bonds is 13. The summed E-state index contributed by atoms with van der Waals surface area (Å²) < 4.78 is 0. The summed E-state index contributed by atoms with van der Waals surface area (Å²) in [6.45, 7) is 2.27. The fourth-order valence-electron chi connectivity index (χ4n) is 6.49. The van der Waals surface area contributed by atoms with E-state index in [4.69, 9.17) is 0 Å². The van der Waals surface area contributed by atoms with Crippen LogP contribution in [0.15, 0.2) is 234 Å². The molecule has 0 spiro atoms. The zero-order chi connectivity index (χ0) is 37.1. The van der Waals surface area contributed by atoms with Crippen LogP contribution in [-0.4, -0.2) is 0 Å². The van der Waals surface area contributed by atoms with Crippen molar-refractivity contribution in [1.82, 2.24) is 0 Å². The van der Waals surface area contributed by atoms with Crippen LogP contribution in [0, 0.1) is 5.41 Å². The van der Waals surface area contributed by atoms with E-state index in [1.165, 1.54) is 0 Å². The quantitative estimate of drug-likeness (QED) is 0.0835. The Kier molecular flexibility index (Phi) is 13.4. The van der Waals surface area contributed by atoms with Crippen molar-refractivity contribution in [2.45, 2.75) is 13.3 Å². The Hall–Kier alpha value is -6.90. The standard InChI is InChI=1S/C54H44/c1-2-54(51(42-48-30-15-6-16-31-48)39-21-36-45-24-9-3-10-25-45,52(43-49-32-17-7-18-33-49)40-22-37-46-26-11-4-12-27-46)53(44-50-34-19-8-20-35-50)41-23-38-47-28-13-5-14-29-47/h3-20,24-44H,2H2,1H3. The molecular formula is C54H44. The van der Waals surface area contributed by atoms with E-state index in [9.17, 15) is 0 Å². The summed E-state index contributed by atoms with van der Waals surface area (Å²) in [5.41, 5.74) is 20.0. The number of benzene rings is 6. The molecule has 0 bridgehead atoms. The molecule has 0 unspecified atom stereocenters. The van der Waals surface area contributed by atoms with Crippen LogP contribution in [0.5, 0.6) is 0 Å². The first-order valence-corrected chi connectivity index (χ1v) is 18.5. The van der Waals surface area contributed by atoms with Crippen molar-refractivity contribution in [2.75, 3.05) is 0 Å². The van der Waals surface area contributed by atoms with Gasteiger partial charge in [0.1, 0.15) is 0 Å². The molecule has 0 aliphatic carbocycles. The van der Waals surface area contributed by atoms with Crippen LogP contribution >= 0.6 is 0 Å². The molecule has 260 valence electrons. The van der Waals surface area contributed by atoms with Crippen molar-refractivity contribution in [2.24, 2.45) is 5.41 Å². The average Bonchev–Trinajstić information content (AvgIpc) is 3.23. The second-order valence-corrected chi connectivity index (χ2v) is 12.9. The molecule has 0 N–H and O–H groups in total. The molecule has 0 atom stereocenters. The van der Waals surface area contributed by atoms with Crippen molar-refractivity contribution >= 4 is 36.5 Å². The maximum atomic E-state index is 3.61. The topological polar surface area (TPSA) is 0 Å². The SMILES string of the molecule is CCC(C(C=C=Cc1ccccc1)=Cc1ccccc1)(C(C=C=Cc1ccccc1)=Cc1ccccc1)C(C=C=Cc1ccccc1)=Cc1ccccc1.